The highest BCUT2D eigenvalue weighted by Crippen LogP contribution is 2.47. The molecule has 0 unspecified atom stereocenters. The fraction of sp³-hybridized carbons (Fsp3) is 0.467. The number of anilines is 1. The van der Waals surface area contributed by atoms with E-state index in [1.54, 1.807) is 0 Å². The molecule has 20 heavy (non-hydrogen) atoms. The summed E-state index contributed by atoms with van der Waals surface area (Å²) in [6.07, 6.45) is 1.09. The van der Waals surface area contributed by atoms with Crippen LogP contribution in [-0.4, -0.2) is 17.4 Å². The summed E-state index contributed by atoms with van der Waals surface area (Å²) in [5, 5.41) is 5.51. The van der Waals surface area contributed by atoms with E-state index in [0.29, 0.717) is 18.5 Å². The van der Waals surface area contributed by atoms with Crippen LogP contribution in [0.1, 0.15) is 33.6 Å². The van der Waals surface area contributed by atoms with Gasteiger partial charge in [0, 0.05) is 11.2 Å². The molecule has 2 rings (SSSR count). The van der Waals surface area contributed by atoms with Gasteiger partial charge in [0.2, 0.25) is 11.8 Å². The summed E-state index contributed by atoms with van der Waals surface area (Å²) in [5.74, 6) is -0.940. The SMILES string of the molecule is CC(C)(C)NC(=O)C1(C(=O)Nc2ccc(F)cc2)CC1. The lowest BCUT2D eigenvalue weighted by molar-refractivity contribution is -0.135. The molecule has 1 aromatic rings. The first kappa shape index (κ1) is 14.5. The lowest BCUT2D eigenvalue weighted by Crippen LogP contribution is -2.48. The molecule has 2 N–H and O–H groups in total. The lowest BCUT2D eigenvalue weighted by Gasteiger charge is -2.24. The van der Waals surface area contributed by atoms with Crippen molar-refractivity contribution in [2.24, 2.45) is 5.41 Å². The molecule has 0 saturated heterocycles. The van der Waals surface area contributed by atoms with Gasteiger partial charge in [0.15, 0.2) is 0 Å². The number of hydrogen-bond donors (Lipinski definition) is 2. The van der Waals surface area contributed by atoms with Crippen molar-refractivity contribution in [1.82, 2.24) is 5.32 Å². The van der Waals surface area contributed by atoms with Gasteiger partial charge in [-0.05, 0) is 57.9 Å². The summed E-state index contributed by atoms with van der Waals surface area (Å²) in [6, 6.07) is 5.49. The van der Waals surface area contributed by atoms with Gasteiger partial charge in [-0.15, -0.1) is 0 Å². The van der Waals surface area contributed by atoms with Gasteiger partial charge in [-0.25, -0.2) is 4.39 Å². The van der Waals surface area contributed by atoms with Crippen molar-refractivity contribution in [3.8, 4) is 0 Å². The van der Waals surface area contributed by atoms with Crippen molar-refractivity contribution >= 4 is 17.5 Å². The van der Waals surface area contributed by atoms with Crippen LogP contribution in [0.3, 0.4) is 0 Å². The predicted molar refractivity (Wildman–Crippen MR) is 74.6 cm³/mol. The Labute approximate surface area is 117 Å². The van der Waals surface area contributed by atoms with Crippen LogP contribution in [0.15, 0.2) is 24.3 Å². The highest BCUT2D eigenvalue weighted by atomic mass is 19.1. The third-order valence-corrected chi connectivity index (χ3v) is 3.21. The molecular weight excluding hydrogens is 259 g/mol. The normalized spacial score (nSPS) is 16.4. The van der Waals surface area contributed by atoms with E-state index in [1.165, 1.54) is 24.3 Å². The lowest BCUT2D eigenvalue weighted by atomic mass is 10.0. The van der Waals surface area contributed by atoms with E-state index >= 15 is 0 Å². The van der Waals surface area contributed by atoms with E-state index < -0.39 is 5.41 Å². The van der Waals surface area contributed by atoms with Crippen LogP contribution in [0.5, 0.6) is 0 Å². The van der Waals surface area contributed by atoms with Crippen molar-refractivity contribution in [3.05, 3.63) is 30.1 Å². The molecule has 0 atom stereocenters. The number of halogens is 1. The monoisotopic (exact) mass is 278 g/mol. The molecule has 4 nitrogen and oxygen atoms in total. The van der Waals surface area contributed by atoms with Crippen molar-refractivity contribution in [3.63, 3.8) is 0 Å². The third-order valence-electron chi connectivity index (χ3n) is 3.21. The van der Waals surface area contributed by atoms with E-state index in [1.807, 2.05) is 20.8 Å². The van der Waals surface area contributed by atoms with E-state index in [0.717, 1.165) is 0 Å². The van der Waals surface area contributed by atoms with Gasteiger partial charge in [0.25, 0.3) is 0 Å². The summed E-state index contributed by atoms with van der Waals surface area (Å²) < 4.78 is 12.8. The number of nitrogens with one attached hydrogen (secondary N) is 2. The Hall–Kier alpha value is -1.91. The largest absolute Gasteiger partial charge is 0.351 e. The molecule has 0 radical (unpaired) electrons. The number of amides is 2. The zero-order chi connectivity index (χ0) is 15.0. The fourth-order valence-corrected chi connectivity index (χ4v) is 1.93. The van der Waals surface area contributed by atoms with Gasteiger partial charge in [-0.2, -0.15) is 0 Å². The fourth-order valence-electron chi connectivity index (χ4n) is 1.93. The third kappa shape index (κ3) is 3.15. The Kier molecular flexibility index (Phi) is 3.54. The molecule has 1 aromatic carbocycles. The molecule has 0 bridgehead atoms. The number of rotatable bonds is 3. The van der Waals surface area contributed by atoms with Crippen LogP contribution in [0, 0.1) is 11.2 Å². The van der Waals surface area contributed by atoms with Gasteiger partial charge in [0.05, 0.1) is 0 Å². The molecule has 0 aliphatic heterocycles. The Morgan fingerprint density at radius 1 is 1.10 bits per heavy atom. The zero-order valence-corrected chi connectivity index (χ0v) is 11.9. The van der Waals surface area contributed by atoms with Crippen LogP contribution in [0.4, 0.5) is 10.1 Å². The van der Waals surface area contributed by atoms with Crippen molar-refractivity contribution in [2.75, 3.05) is 5.32 Å². The topological polar surface area (TPSA) is 58.2 Å². The first-order valence-electron chi connectivity index (χ1n) is 6.63. The van der Waals surface area contributed by atoms with Crippen molar-refractivity contribution in [1.29, 1.82) is 0 Å². The van der Waals surface area contributed by atoms with Gasteiger partial charge in [0.1, 0.15) is 11.2 Å². The Morgan fingerprint density at radius 3 is 2.10 bits per heavy atom. The van der Waals surface area contributed by atoms with Gasteiger partial charge >= 0.3 is 0 Å². The minimum atomic E-state index is -0.971. The molecule has 108 valence electrons. The predicted octanol–water partition coefficient (Wildman–Crippen LogP) is 2.46. The Balaban J connectivity index is 2.05. The summed E-state index contributed by atoms with van der Waals surface area (Å²) in [5.41, 5.74) is -0.851. The van der Waals surface area contributed by atoms with Crippen LogP contribution < -0.4 is 10.6 Å². The van der Waals surface area contributed by atoms with E-state index in [2.05, 4.69) is 10.6 Å². The van der Waals surface area contributed by atoms with Crippen molar-refractivity contribution in [2.45, 2.75) is 39.2 Å². The maximum Gasteiger partial charge on any atom is 0.240 e. The smallest absolute Gasteiger partial charge is 0.240 e. The first-order valence-corrected chi connectivity index (χ1v) is 6.63. The van der Waals surface area contributed by atoms with E-state index in [9.17, 15) is 14.0 Å². The number of hydrogen-bond acceptors (Lipinski definition) is 2. The Bertz CT molecular complexity index is 528. The highest BCUT2D eigenvalue weighted by molar-refractivity contribution is 6.13. The van der Waals surface area contributed by atoms with Crippen molar-refractivity contribution < 1.29 is 14.0 Å². The quantitative estimate of drug-likeness (QED) is 0.834. The van der Waals surface area contributed by atoms with E-state index in [4.69, 9.17) is 0 Å². The average molecular weight is 278 g/mol. The van der Waals surface area contributed by atoms with Crippen LogP contribution in [0.25, 0.3) is 0 Å². The molecule has 0 spiro atoms. The standard InChI is InChI=1S/C15H19FN2O2/c1-14(2,3)18-13(20)15(8-9-15)12(19)17-11-6-4-10(16)5-7-11/h4-7H,8-9H2,1-3H3,(H,17,19)(H,18,20). The van der Waals surface area contributed by atoms with Crippen LogP contribution in [0.2, 0.25) is 0 Å². The number of carbonyl (C=O) groups is 2. The summed E-state index contributed by atoms with van der Waals surface area (Å²) >= 11 is 0. The molecule has 1 fully saturated rings. The highest BCUT2D eigenvalue weighted by Gasteiger charge is 2.57. The molecule has 1 aliphatic carbocycles. The summed E-state index contributed by atoms with van der Waals surface area (Å²) in [4.78, 5) is 24.4. The molecule has 5 heteroatoms. The maximum absolute atomic E-state index is 12.8. The minimum absolute atomic E-state index is 0.246. The number of benzene rings is 1. The summed E-state index contributed by atoms with van der Waals surface area (Å²) in [7, 11) is 0. The van der Waals surface area contributed by atoms with Gasteiger partial charge in [-0.1, -0.05) is 0 Å². The second kappa shape index (κ2) is 4.89. The number of carbonyl (C=O) groups excluding carboxylic acids is 2. The van der Waals surface area contributed by atoms with Gasteiger partial charge in [-0.3, -0.25) is 9.59 Å². The van der Waals surface area contributed by atoms with Gasteiger partial charge < -0.3 is 10.6 Å². The molecule has 1 aliphatic rings. The van der Waals surface area contributed by atoms with Crippen LogP contribution >= 0.6 is 0 Å². The molecule has 2 amide bonds. The molecule has 1 saturated carbocycles. The first-order chi connectivity index (χ1) is 9.23. The maximum atomic E-state index is 12.8. The average Bonchev–Trinajstić information content (AvgIpc) is 3.11. The molecule has 0 heterocycles. The second-order valence-electron chi connectivity index (χ2n) is 6.25. The zero-order valence-electron chi connectivity index (χ0n) is 11.9. The second-order valence-corrected chi connectivity index (χ2v) is 6.25. The summed E-state index contributed by atoms with van der Waals surface area (Å²) in [6.45, 7) is 5.62. The minimum Gasteiger partial charge on any atom is -0.351 e. The molecule has 0 aromatic heterocycles. The van der Waals surface area contributed by atoms with Crippen LogP contribution in [-0.2, 0) is 9.59 Å². The Morgan fingerprint density at radius 2 is 1.65 bits per heavy atom. The molecular formula is C15H19FN2O2. The van der Waals surface area contributed by atoms with E-state index in [-0.39, 0.29) is 23.2 Å².